The van der Waals surface area contributed by atoms with Crippen molar-refractivity contribution in [2.75, 3.05) is 5.73 Å². The third-order valence-electron chi connectivity index (χ3n) is 1.63. The van der Waals surface area contributed by atoms with Crippen LogP contribution in [0.3, 0.4) is 0 Å². The predicted octanol–water partition coefficient (Wildman–Crippen LogP) is -1.86. The maximum Gasteiger partial charge on any atom is 1.00 e. The van der Waals surface area contributed by atoms with Crippen LogP contribution in [0.5, 0.6) is 0 Å². The van der Waals surface area contributed by atoms with Crippen molar-refractivity contribution in [2.24, 2.45) is 0 Å². The molecule has 4 nitrogen and oxygen atoms in total. The molecule has 0 aliphatic carbocycles. The van der Waals surface area contributed by atoms with Gasteiger partial charge in [-0.1, -0.05) is 11.6 Å². The van der Waals surface area contributed by atoms with Gasteiger partial charge < -0.3 is 10.3 Å². The molecule has 0 aliphatic rings. The Bertz CT molecular complexity index is 446. The number of hydrogen-bond donors (Lipinski definition) is 1. The molecule has 0 unspecified atom stereocenters. The van der Waals surface area contributed by atoms with Gasteiger partial charge in [0.1, 0.15) is 10.1 Å². The second kappa shape index (κ2) is 4.56. The summed E-state index contributed by atoms with van der Waals surface area (Å²) in [5.74, 6) is 0. The summed E-state index contributed by atoms with van der Waals surface area (Å²) in [6.07, 6.45) is 0. The largest absolute Gasteiger partial charge is 1.00 e. The van der Waals surface area contributed by atoms with Crippen LogP contribution in [-0.4, -0.2) is 13.0 Å². The predicted molar refractivity (Wildman–Crippen MR) is 48.6 cm³/mol. The zero-order valence-corrected chi connectivity index (χ0v) is 9.32. The van der Waals surface area contributed by atoms with Crippen molar-refractivity contribution in [2.45, 2.75) is 11.8 Å². The summed E-state index contributed by atoms with van der Waals surface area (Å²) in [4.78, 5) is -0.363. The molecule has 1 rings (SSSR count). The van der Waals surface area contributed by atoms with Crippen molar-refractivity contribution in [1.29, 1.82) is 0 Å². The van der Waals surface area contributed by atoms with Gasteiger partial charge in [-0.2, -0.15) is 0 Å². The molecule has 0 aliphatic heterocycles. The maximum atomic E-state index is 10.7. The van der Waals surface area contributed by atoms with Gasteiger partial charge in [-0.05, 0) is 24.6 Å². The topological polar surface area (TPSA) is 83.2 Å². The average molecular weight is 228 g/mol. The number of nitrogens with two attached hydrogens (primary N) is 1. The van der Waals surface area contributed by atoms with E-state index >= 15 is 0 Å². The molecule has 7 heteroatoms. The Morgan fingerprint density at radius 2 is 1.93 bits per heavy atom. The Balaban J connectivity index is 0.00000169. The minimum atomic E-state index is -4.49. The van der Waals surface area contributed by atoms with Crippen LogP contribution < -0.4 is 24.6 Å². The molecule has 0 amide bonds. The van der Waals surface area contributed by atoms with Gasteiger partial charge >= 0.3 is 18.9 Å². The molecule has 0 saturated carbocycles. The molecule has 0 radical (unpaired) electrons. The minimum Gasteiger partial charge on any atom is -0.744 e. The molecule has 14 heavy (non-hydrogen) atoms. The summed E-state index contributed by atoms with van der Waals surface area (Å²) in [6, 6.07) is 2.49. The Morgan fingerprint density at radius 1 is 1.43 bits per heavy atom. The summed E-state index contributed by atoms with van der Waals surface area (Å²) < 4.78 is 32.1. The van der Waals surface area contributed by atoms with E-state index in [1.54, 1.807) is 0 Å². The molecule has 2 N–H and O–H groups in total. The van der Waals surface area contributed by atoms with E-state index in [0.717, 1.165) is 6.07 Å². The van der Waals surface area contributed by atoms with Crippen LogP contribution in [0.2, 0.25) is 5.02 Å². The van der Waals surface area contributed by atoms with Crippen molar-refractivity contribution in [3.05, 3.63) is 22.7 Å². The van der Waals surface area contributed by atoms with Crippen LogP contribution in [0.15, 0.2) is 17.0 Å². The van der Waals surface area contributed by atoms with E-state index in [0.29, 0.717) is 0 Å². The van der Waals surface area contributed by atoms with Gasteiger partial charge in [-0.3, -0.25) is 0 Å². The van der Waals surface area contributed by atoms with Crippen molar-refractivity contribution in [1.82, 2.24) is 0 Å². The quantitative estimate of drug-likeness (QED) is 0.346. The number of anilines is 1. The van der Waals surface area contributed by atoms with E-state index in [2.05, 4.69) is 0 Å². The molecule has 1 aromatic rings. The van der Waals surface area contributed by atoms with Gasteiger partial charge in [0, 0.05) is 10.7 Å². The number of halogens is 1. The molecule has 0 spiro atoms. The van der Waals surface area contributed by atoms with Gasteiger partial charge in [0.05, 0.1) is 4.90 Å². The molecule has 0 saturated heterocycles. The number of benzene rings is 1. The third-order valence-corrected chi connectivity index (χ3v) is 2.82. The maximum absolute atomic E-state index is 10.7. The summed E-state index contributed by atoms with van der Waals surface area (Å²) in [6.45, 7) is 1.45. The van der Waals surface area contributed by atoms with Crippen molar-refractivity contribution in [3.63, 3.8) is 0 Å². The van der Waals surface area contributed by atoms with E-state index < -0.39 is 10.1 Å². The van der Waals surface area contributed by atoms with E-state index in [1.165, 1.54) is 13.0 Å². The van der Waals surface area contributed by atoms with E-state index in [1.807, 2.05) is 0 Å². The summed E-state index contributed by atoms with van der Waals surface area (Å²) in [5, 5.41) is 0.137. The molecule has 0 bridgehead atoms. The first-order chi connectivity index (χ1) is 5.82. The Hall–Kier alpha value is -0.183. The SMILES string of the molecule is Cc1c(N)cc(Cl)cc1S(=O)(=O)[O-].[Li+]. The van der Waals surface area contributed by atoms with Gasteiger partial charge in [-0.25, -0.2) is 8.42 Å². The summed E-state index contributed by atoms with van der Waals surface area (Å²) in [5.41, 5.74) is 5.86. The van der Waals surface area contributed by atoms with Crippen LogP contribution in [0.25, 0.3) is 0 Å². The molecular weight excluding hydrogens is 221 g/mol. The third kappa shape index (κ3) is 2.91. The number of rotatable bonds is 1. The summed E-state index contributed by atoms with van der Waals surface area (Å²) in [7, 11) is -4.49. The second-order valence-corrected chi connectivity index (χ2v) is 4.36. The first-order valence-electron chi connectivity index (χ1n) is 3.34. The minimum absolute atomic E-state index is 0. The molecule has 0 fully saturated rings. The first-order valence-corrected chi connectivity index (χ1v) is 5.12. The molecule has 0 heterocycles. The van der Waals surface area contributed by atoms with Gasteiger partial charge in [0.2, 0.25) is 0 Å². The van der Waals surface area contributed by atoms with E-state index in [-0.39, 0.29) is 40.0 Å². The monoisotopic (exact) mass is 227 g/mol. The number of nitrogen functional groups attached to an aromatic ring is 1. The molecule has 0 aromatic heterocycles. The first kappa shape index (κ1) is 13.8. The average Bonchev–Trinajstić information content (AvgIpc) is 1.94. The van der Waals surface area contributed by atoms with Crippen LogP contribution in [0, 0.1) is 6.92 Å². The van der Waals surface area contributed by atoms with Gasteiger partial charge in [-0.15, -0.1) is 0 Å². The van der Waals surface area contributed by atoms with Crippen LogP contribution in [-0.2, 0) is 10.1 Å². The molecular formula is C7H7ClLiNO3S. The second-order valence-electron chi connectivity index (χ2n) is 2.57. The molecule has 0 atom stereocenters. The molecule has 1 aromatic carbocycles. The van der Waals surface area contributed by atoms with Crippen LogP contribution >= 0.6 is 11.6 Å². The van der Waals surface area contributed by atoms with E-state index in [4.69, 9.17) is 17.3 Å². The summed E-state index contributed by atoms with van der Waals surface area (Å²) >= 11 is 5.54. The Morgan fingerprint density at radius 3 is 2.36 bits per heavy atom. The van der Waals surface area contributed by atoms with Crippen molar-refractivity contribution < 1.29 is 31.8 Å². The molecule has 72 valence electrons. The zero-order valence-electron chi connectivity index (χ0n) is 7.74. The van der Waals surface area contributed by atoms with E-state index in [9.17, 15) is 13.0 Å². The fourth-order valence-electron chi connectivity index (χ4n) is 0.934. The van der Waals surface area contributed by atoms with Crippen molar-refractivity contribution in [3.8, 4) is 0 Å². The zero-order chi connectivity index (χ0) is 10.2. The normalized spacial score (nSPS) is 10.8. The van der Waals surface area contributed by atoms with Crippen LogP contribution in [0.4, 0.5) is 5.69 Å². The van der Waals surface area contributed by atoms with Gasteiger partial charge in [0.15, 0.2) is 0 Å². The Kier molecular flexibility index (Phi) is 4.50. The fourth-order valence-corrected chi connectivity index (χ4v) is 1.99. The van der Waals surface area contributed by atoms with Gasteiger partial charge in [0.25, 0.3) is 0 Å². The fraction of sp³-hybridized carbons (Fsp3) is 0.143. The number of hydrogen-bond acceptors (Lipinski definition) is 4. The van der Waals surface area contributed by atoms with Crippen LogP contribution in [0.1, 0.15) is 5.56 Å². The van der Waals surface area contributed by atoms with Crippen molar-refractivity contribution >= 4 is 27.4 Å². The Labute approximate surface area is 99.4 Å². The smallest absolute Gasteiger partial charge is 0.744 e. The standard InChI is InChI=1S/C7H8ClNO3S.Li/c1-4-6(9)2-5(8)3-7(4)13(10,11)12;/h2-3H,9H2,1H3,(H,10,11,12);/q;+1/p-1.